The zero-order valence-corrected chi connectivity index (χ0v) is 15.6. The van der Waals surface area contributed by atoms with Crippen LogP contribution in [0, 0.1) is 0 Å². The van der Waals surface area contributed by atoms with E-state index < -0.39 is 0 Å². The Labute approximate surface area is 157 Å². The lowest BCUT2D eigenvalue weighted by atomic mass is 10.1. The standard InChI is InChI=1S/C17H13Cl2N3O.C2H6/c18-16-14(17(19)21-10-20-16)15(23)11-6-8-13(9-7-11)22-12-4-2-1-3-5-12;1-2/h2,4-10,22H,1,3H2;1-2H3. The minimum absolute atomic E-state index is 0.0506. The van der Waals surface area contributed by atoms with Gasteiger partial charge >= 0.3 is 0 Å². The SMILES string of the molecule is CC.O=C(c1ccc(NC2=CCCC=C2)cc1)c1c(Cl)ncnc1Cl. The molecule has 1 aromatic carbocycles. The lowest BCUT2D eigenvalue weighted by molar-refractivity contribution is 0.103. The van der Waals surface area contributed by atoms with E-state index in [1.807, 2.05) is 32.1 Å². The summed E-state index contributed by atoms with van der Waals surface area (Å²) in [5.74, 6) is -0.302. The molecule has 0 amide bonds. The van der Waals surface area contributed by atoms with Crippen LogP contribution in [0.4, 0.5) is 5.69 Å². The van der Waals surface area contributed by atoms with Gasteiger partial charge in [0.25, 0.3) is 0 Å². The van der Waals surface area contributed by atoms with E-state index in [0.717, 1.165) is 24.2 Å². The molecule has 0 bridgehead atoms. The molecule has 130 valence electrons. The Balaban J connectivity index is 0.00000109. The number of nitrogens with one attached hydrogen (secondary N) is 1. The molecule has 0 aliphatic heterocycles. The lowest BCUT2D eigenvalue weighted by Gasteiger charge is -2.11. The van der Waals surface area contributed by atoms with E-state index in [4.69, 9.17) is 23.2 Å². The Morgan fingerprint density at radius 3 is 2.24 bits per heavy atom. The first-order chi connectivity index (χ1) is 12.1. The van der Waals surface area contributed by atoms with Crippen molar-refractivity contribution in [1.82, 2.24) is 9.97 Å². The van der Waals surface area contributed by atoms with Crippen LogP contribution in [-0.4, -0.2) is 15.8 Å². The molecule has 1 aromatic heterocycles. The zero-order valence-electron chi connectivity index (χ0n) is 14.1. The number of carbonyl (C=O) groups excluding carboxylic acids is 1. The van der Waals surface area contributed by atoms with Gasteiger partial charge in [-0.1, -0.05) is 49.2 Å². The van der Waals surface area contributed by atoms with Crippen LogP contribution in [0.5, 0.6) is 0 Å². The number of anilines is 1. The van der Waals surface area contributed by atoms with Gasteiger partial charge in [0.15, 0.2) is 5.78 Å². The second kappa shape index (κ2) is 9.35. The molecule has 0 fully saturated rings. The highest BCUT2D eigenvalue weighted by atomic mass is 35.5. The predicted molar refractivity (Wildman–Crippen MR) is 103 cm³/mol. The van der Waals surface area contributed by atoms with Crippen molar-refractivity contribution in [2.24, 2.45) is 0 Å². The van der Waals surface area contributed by atoms with Crippen molar-refractivity contribution in [3.8, 4) is 0 Å². The minimum Gasteiger partial charge on any atom is -0.356 e. The van der Waals surface area contributed by atoms with Crippen LogP contribution in [-0.2, 0) is 0 Å². The molecular weight excluding hydrogens is 357 g/mol. The van der Waals surface area contributed by atoms with Crippen LogP contribution in [0.25, 0.3) is 0 Å². The predicted octanol–water partition coefficient (Wildman–Crippen LogP) is 5.69. The summed E-state index contributed by atoms with van der Waals surface area (Å²) in [6.45, 7) is 4.00. The van der Waals surface area contributed by atoms with Gasteiger partial charge in [0.05, 0.1) is 5.56 Å². The fourth-order valence-electron chi connectivity index (χ4n) is 2.25. The van der Waals surface area contributed by atoms with E-state index in [-0.39, 0.29) is 21.7 Å². The highest BCUT2D eigenvalue weighted by molar-refractivity contribution is 6.39. The molecule has 0 atom stereocenters. The number of halogens is 2. The summed E-state index contributed by atoms with van der Waals surface area (Å²) in [7, 11) is 0. The first-order valence-corrected chi connectivity index (χ1v) is 8.85. The maximum absolute atomic E-state index is 12.5. The summed E-state index contributed by atoms with van der Waals surface area (Å²) in [6, 6.07) is 7.11. The summed E-state index contributed by atoms with van der Waals surface area (Å²) in [6.07, 6.45) is 9.63. The number of aromatic nitrogens is 2. The van der Waals surface area contributed by atoms with Gasteiger partial charge in [-0.3, -0.25) is 4.79 Å². The normalized spacial score (nSPS) is 12.7. The molecule has 1 aliphatic carbocycles. The van der Waals surface area contributed by atoms with E-state index >= 15 is 0 Å². The largest absolute Gasteiger partial charge is 0.356 e. The quantitative estimate of drug-likeness (QED) is 0.550. The van der Waals surface area contributed by atoms with Crippen molar-refractivity contribution in [3.05, 3.63) is 76.0 Å². The number of rotatable bonds is 4. The first kappa shape index (κ1) is 19.2. The highest BCUT2D eigenvalue weighted by Crippen LogP contribution is 2.24. The summed E-state index contributed by atoms with van der Waals surface area (Å²) < 4.78 is 0. The van der Waals surface area contributed by atoms with Gasteiger partial charge in [-0.2, -0.15) is 0 Å². The summed E-state index contributed by atoms with van der Waals surface area (Å²) in [4.78, 5) is 20.1. The van der Waals surface area contributed by atoms with Crippen molar-refractivity contribution >= 4 is 34.7 Å². The number of hydrogen-bond donors (Lipinski definition) is 1. The Bertz CT molecular complexity index is 779. The molecule has 25 heavy (non-hydrogen) atoms. The molecule has 2 aromatic rings. The topological polar surface area (TPSA) is 54.9 Å². The smallest absolute Gasteiger partial charge is 0.199 e. The van der Waals surface area contributed by atoms with Crippen LogP contribution in [0.3, 0.4) is 0 Å². The van der Waals surface area contributed by atoms with Gasteiger partial charge in [-0.05, 0) is 43.2 Å². The third-order valence-corrected chi connectivity index (χ3v) is 3.99. The van der Waals surface area contributed by atoms with E-state index in [2.05, 4.69) is 27.4 Å². The first-order valence-electron chi connectivity index (χ1n) is 8.09. The molecular formula is C19H19Cl2N3O. The number of carbonyl (C=O) groups is 1. The molecule has 6 heteroatoms. The van der Waals surface area contributed by atoms with Gasteiger partial charge in [-0.15, -0.1) is 0 Å². The molecule has 1 N–H and O–H groups in total. The number of hydrogen-bond acceptors (Lipinski definition) is 4. The summed E-state index contributed by atoms with van der Waals surface area (Å²) in [5, 5.41) is 3.40. The minimum atomic E-state index is -0.302. The van der Waals surface area contributed by atoms with Crippen LogP contribution in [0.2, 0.25) is 10.3 Å². The molecule has 1 heterocycles. The molecule has 0 radical (unpaired) electrons. The van der Waals surface area contributed by atoms with Gasteiger partial charge in [0.2, 0.25) is 0 Å². The zero-order chi connectivity index (χ0) is 18.2. The number of nitrogens with zero attached hydrogens (tertiary/aromatic N) is 2. The molecule has 0 unspecified atom stereocenters. The van der Waals surface area contributed by atoms with Crippen LogP contribution < -0.4 is 5.32 Å². The Morgan fingerprint density at radius 2 is 1.68 bits per heavy atom. The third-order valence-electron chi connectivity index (χ3n) is 3.41. The van der Waals surface area contributed by atoms with E-state index in [0.29, 0.717) is 5.56 Å². The van der Waals surface area contributed by atoms with E-state index in [9.17, 15) is 4.79 Å². The van der Waals surface area contributed by atoms with Crippen LogP contribution in [0.15, 0.2) is 54.5 Å². The maximum Gasteiger partial charge on any atom is 0.199 e. The van der Waals surface area contributed by atoms with Gasteiger partial charge < -0.3 is 5.32 Å². The van der Waals surface area contributed by atoms with Crippen LogP contribution in [0.1, 0.15) is 42.6 Å². The van der Waals surface area contributed by atoms with Crippen molar-refractivity contribution in [3.63, 3.8) is 0 Å². The Morgan fingerprint density at radius 1 is 1.04 bits per heavy atom. The van der Waals surface area contributed by atoms with Gasteiger partial charge in [0.1, 0.15) is 16.6 Å². The second-order valence-corrected chi connectivity index (χ2v) is 5.72. The monoisotopic (exact) mass is 375 g/mol. The van der Waals surface area contributed by atoms with Crippen molar-refractivity contribution in [2.75, 3.05) is 5.32 Å². The molecule has 0 saturated carbocycles. The molecule has 0 saturated heterocycles. The fourth-order valence-corrected chi connectivity index (χ4v) is 2.74. The molecule has 3 rings (SSSR count). The molecule has 0 spiro atoms. The lowest BCUT2D eigenvalue weighted by Crippen LogP contribution is -2.06. The number of allylic oxidation sites excluding steroid dienone is 3. The molecule has 1 aliphatic rings. The number of benzene rings is 1. The Kier molecular flexibility index (Phi) is 7.16. The number of ketones is 1. The van der Waals surface area contributed by atoms with Crippen LogP contribution >= 0.6 is 23.2 Å². The average molecular weight is 376 g/mol. The fraction of sp³-hybridized carbons (Fsp3) is 0.211. The molecule has 4 nitrogen and oxygen atoms in total. The van der Waals surface area contributed by atoms with E-state index in [1.54, 1.807) is 12.1 Å². The van der Waals surface area contributed by atoms with Gasteiger partial charge in [0, 0.05) is 16.9 Å². The average Bonchev–Trinajstić information content (AvgIpc) is 2.64. The summed E-state index contributed by atoms with van der Waals surface area (Å²) in [5.41, 5.74) is 2.55. The van der Waals surface area contributed by atoms with Crippen molar-refractivity contribution < 1.29 is 4.79 Å². The summed E-state index contributed by atoms with van der Waals surface area (Å²) >= 11 is 11.9. The second-order valence-electron chi connectivity index (χ2n) is 5.00. The van der Waals surface area contributed by atoms with E-state index in [1.165, 1.54) is 6.33 Å². The Hall–Kier alpha value is -2.17. The third kappa shape index (κ3) is 4.91. The highest BCUT2D eigenvalue weighted by Gasteiger charge is 2.18. The van der Waals surface area contributed by atoms with Crippen molar-refractivity contribution in [1.29, 1.82) is 0 Å². The maximum atomic E-state index is 12.5. The van der Waals surface area contributed by atoms with Crippen molar-refractivity contribution in [2.45, 2.75) is 26.7 Å². The van der Waals surface area contributed by atoms with Gasteiger partial charge in [-0.25, -0.2) is 9.97 Å².